The maximum Gasteiger partial charge on any atom is 0.321 e. The maximum absolute atomic E-state index is 11.7. The van der Waals surface area contributed by atoms with Gasteiger partial charge in [0.2, 0.25) is 5.91 Å². The highest BCUT2D eigenvalue weighted by atomic mass is 16.2. The lowest BCUT2D eigenvalue weighted by molar-refractivity contribution is -0.121. The number of hydrogen-bond acceptors (Lipinski definition) is 3. The molecule has 18 heavy (non-hydrogen) atoms. The first-order valence-corrected chi connectivity index (χ1v) is 6.87. The second-order valence-electron chi connectivity index (χ2n) is 5.19. The van der Waals surface area contributed by atoms with Gasteiger partial charge in [-0.1, -0.05) is 6.92 Å². The van der Waals surface area contributed by atoms with Crippen LogP contribution in [-0.2, 0) is 4.79 Å². The number of carbonyl (C=O) groups excluding carboxylic acids is 2. The molecule has 5 nitrogen and oxygen atoms in total. The zero-order valence-electron chi connectivity index (χ0n) is 11.6. The van der Waals surface area contributed by atoms with Crippen LogP contribution < -0.4 is 16.0 Å². The Labute approximate surface area is 109 Å². The highest BCUT2D eigenvalue weighted by Crippen LogP contribution is 2.23. The van der Waals surface area contributed by atoms with Gasteiger partial charge >= 0.3 is 6.03 Å². The Morgan fingerprint density at radius 3 is 2.39 bits per heavy atom. The molecule has 5 heteroatoms. The van der Waals surface area contributed by atoms with Gasteiger partial charge in [0.05, 0.1) is 6.04 Å². The van der Waals surface area contributed by atoms with Gasteiger partial charge in [-0.3, -0.25) is 10.1 Å². The number of rotatable bonds is 4. The average Bonchev–Trinajstić information content (AvgIpc) is 2.32. The van der Waals surface area contributed by atoms with E-state index in [1.165, 1.54) is 12.8 Å². The number of imide groups is 1. The zero-order chi connectivity index (χ0) is 13.5. The van der Waals surface area contributed by atoms with E-state index in [0.29, 0.717) is 12.6 Å². The van der Waals surface area contributed by atoms with E-state index in [1.807, 2.05) is 6.92 Å². The third-order valence-electron chi connectivity index (χ3n) is 3.47. The van der Waals surface area contributed by atoms with Crippen molar-refractivity contribution in [3.05, 3.63) is 0 Å². The standard InChI is InChI=1S/C13H25N3O2/c1-4-14-13(18)16-12(17)10(3)15-11-7-5-9(2)6-8-11/h9-11,15H,4-8H2,1-3H3,(H2,14,16,17,18). The molecule has 0 spiro atoms. The Hall–Kier alpha value is -1.10. The van der Waals surface area contributed by atoms with E-state index < -0.39 is 6.03 Å². The molecule has 1 aliphatic carbocycles. The van der Waals surface area contributed by atoms with Crippen LogP contribution in [0.4, 0.5) is 4.79 Å². The third-order valence-corrected chi connectivity index (χ3v) is 3.47. The van der Waals surface area contributed by atoms with Gasteiger partial charge < -0.3 is 10.6 Å². The van der Waals surface area contributed by atoms with Crippen LogP contribution in [0.15, 0.2) is 0 Å². The van der Waals surface area contributed by atoms with Crippen LogP contribution in [0, 0.1) is 5.92 Å². The SMILES string of the molecule is CCNC(=O)NC(=O)C(C)NC1CCC(C)CC1. The van der Waals surface area contributed by atoms with E-state index in [1.54, 1.807) is 6.92 Å². The fourth-order valence-electron chi connectivity index (χ4n) is 2.28. The number of hydrogen-bond donors (Lipinski definition) is 3. The molecule has 1 unspecified atom stereocenters. The minimum absolute atomic E-state index is 0.264. The van der Waals surface area contributed by atoms with Gasteiger partial charge in [-0.2, -0.15) is 0 Å². The van der Waals surface area contributed by atoms with Gasteiger partial charge in [-0.15, -0.1) is 0 Å². The minimum Gasteiger partial charge on any atom is -0.338 e. The monoisotopic (exact) mass is 255 g/mol. The normalized spacial score (nSPS) is 25.3. The molecule has 0 saturated heterocycles. The van der Waals surface area contributed by atoms with E-state index in [0.717, 1.165) is 18.8 Å². The molecule has 0 aliphatic heterocycles. The summed E-state index contributed by atoms with van der Waals surface area (Å²) in [6.45, 7) is 6.39. The third kappa shape index (κ3) is 5.04. The number of amides is 3. The summed E-state index contributed by atoms with van der Waals surface area (Å²) in [4.78, 5) is 23.0. The quantitative estimate of drug-likeness (QED) is 0.711. The van der Waals surface area contributed by atoms with Crippen molar-refractivity contribution in [3.63, 3.8) is 0 Å². The van der Waals surface area contributed by atoms with Gasteiger partial charge in [0.1, 0.15) is 0 Å². The average molecular weight is 255 g/mol. The summed E-state index contributed by atoms with van der Waals surface area (Å²) < 4.78 is 0. The molecule has 0 aromatic heterocycles. The van der Waals surface area contributed by atoms with Crippen molar-refractivity contribution in [3.8, 4) is 0 Å². The Balaban J connectivity index is 2.29. The summed E-state index contributed by atoms with van der Waals surface area (Å²) in [5.41, 5.74) is 0. The molecule has 0 radical (unpaired) electrons. The molecule has 0 aromatic rings. The zero-order valence-corrected chi connectivity index (χ0v) is 11.6. The molecule has 104 valence electrons. The first-order chi connectivity index (χ1) is 8.52. The van der Waals surface area contributed by atoms with Gasteiger partial charge in [0, 0.05) is 12.6 Å². The predicted molar refractivity (Wildman–Crippen MR) is 71.2 cm³/mol. The van der Waals surface area contributed by atoms with Crippen LogP contribution >= 0.6 is 0 Å². The smallest absolute Gasteiger partial charge is 0.321 e. The predicted octanol–water partition coefficient (Wildman–Crippen LogP) is 1.39. The topological polar surface area (TPSA) is 70.2 Å². The molecular weight excluding hydrogens is 230 g/mol. The van der Waals surface area contributed by atoms with Gasteiger partial charge in [-0.25, -0.2) is 4.79 Å². The Morgan fingerprint density at radius 1 is 1.22 bits per heavy atom. The summed E-state index contributed by atoms with van der Waals surface area (Å²) in [5.74, 6) is 0.530. The second-order valence-corrected chi connectivity index (χ2v) is 5.19. The van der Waals surface area contributed by atoms with Gasteiger partial charge in [-0.05, 0) is 45.4 Å². The number of urea groups is 1. The van der Waals surface area contributed by atoms with Crippen LogP contribution in [0.3, 0.4) is 0 Å². The Kier molecular flexibility index (Phi) is 6.12. The molecule has 0 heterocycles. The summed E-state index contributed by atoms with van der Waals surface area (Å²) in [6, 6.07) is -0.351. The lowest BCUT2D eigenvalue weighted by Crippen LogP contribution is -2.51. The summed E-state index contributed by atoms with van der Waals surface area (Å²) in [5, 5.41) is 8.16. The van der Waals surface area contributed by atoms with Crippen LogP contribution in [0.1, 0.15) is 46.5 Å². The first-order valence-electron chi connectivity index (χ1n) is 6.87. The molecule has 1 atom stereocenters. The van der Waals surface area contributed by atoms with Crippen LogP contribution in [0.2, 0.25) is 0 Å². The van der Waals surface area contributed by atoms with Crippen molar-refractivity contribution >= 4 is 11.9 Å². The Bertz CT molecular complexity index is 286. The summed E-state index contributed by atoms with van der Waals surface area (Å²) >= 11 is 0. The fourth-order valence-corrected chi connectivity index (χ4v) is 2.28. The number of carbonyl (C=O) groups is 2. The van der Waals surface area contributed by atoms with Crippen molar-refractivity contribution in [2.75, 3.05) is 6.54 Å². The van der Waals surface area contributed by atoms with Crippen molar-refractivity contribution in [1.82, 2.24) is 16.0 Å². The van der Waals surface area contributed by atoms with Crippen molar-refractivity contribution in [1.29, 1.82) is 0 Å². The molecule has 3 N–H and O–H groups in total. The van der Waals surface area contributed by atoms with Crippen LogP contribution in [-0.4, -0.2) is 30.6 Å². The highest BCUT2D eigenvalue weighted by molar-refractivity contribution is 5.96. The van der Waals surface area contributed by atoms with Gasteiger partial charge in [0.15, 0.2) is 0 Å². The highest BCUT2D eigenvalue weighted by Gasteiger charge is 2.22. The largest absolute Gasteiger partial charge is 0.338 e. The van der Waals surface area contributed by atoms with Crippen molar-refractivity contribution in [2.24, 2.45) is 5.92 Å². The molecule has 0 aromatic carbocycles. The van der Waals surface area contributed by atoms with E-state index in [4.69, 9.17) is 0 Å². The summed E-state index contributed by atoms with van der Waals surface area (Å²) in [6.07, 6.45) is 4.64. The lowest BCUT2D eigenvalue weighted by Gasteiger charge is -2.29. The lowest BCUT2D eigenvalue weighted by atomic mass is 9.87. The summed E-state index contributed by atoms with van der Waals surface area (Å²) in [7, 11) is 0. The van der Waals surface area contributed by atoms with E-state index in [9.17, 15) is 9.59 Å². The van der Waals surface area contributed by atoms with Crippen LogP contribution in [0.25, 0.3) is 0 Å². The van der Waals surface area contributed by atoms with Gasteiger partial charge in [0.25, 0.3) is 0 Å². The number of nitrogens with one attached hydrogen (secondary N) is 3. The molecule has 1 saturated carbocycles. The molecule has 0 bridgehead atoms. The Morgan fingerprint density at radius 2 is 1.83 bits per heavy atom. The van der Waals surface area contributed by atoms with Crippen molar-refractivity contribution in [2.45, 2.75) is 58.5 Å². The first kappa shape index (κ1) is 15.0. The molecule has 3 amide bonds. The molecular formula is C13H25N3O2. The fraction of sp³-hybridized carbons (Fsp3) is 0.846. The van der Waals surface area contributed by atoms with E-state index in [2.05, 4.69) is 22.9 Å². The molecule has 1 rings (SSSR count). The maximum atomic E-state index is 11.7. The van der Waals surface area contributed by atoms with E-state index in [-0.39, 0.29) is 11.9 Å². The molecule has 1 fully saturated rings. The van der Waals surface area contributed by atoms with Crippen molar-refractivity contribution < 1.29 is 9.59 Å². The second kappa shape index (κ2) is 7.36. The molecule has 1 aliphatic rings. The van der Waals surface area contributed by atoms with E-state index >= 15 is 0 Å². The minimum atomic E-state index is -0.423. The van der Waals surface area contributed by atoms with Crippen LogP contribution in [0.5, 0.6) is 0 Å².